The SMILES string of the molecule is CC.CO.COc1cc2c(CC3CCCCN3)cc3ccc(O)cc3c2cc1OC. The summed E-state index contributed by atoms with van der Waals surface area (Å²) in [5.41, 5.74) is 1.30. The van der Waals surface area contributed by atoms with Gasteiger partial charge in [-0.1, -0.05) is 32.4 Å². The van der Waals surface area contributed by atoms with Gasteiger partial charge >= 0.3 is 0 Å². The molecule has 164 valence electrons. The third kappa shape index (κ3) is 5.15. The number of hydrogen-bond donors (Lipinski definition) is 3. The summed E-state index contributed by atoms with van der Waals surface area (Å²) in [6.45, 7) is 5.10. The second kappa shape index (κ2) is 11.6. The molecule has 4 rings (SSSR count). The maximum Gasteiger partial charge on any atom is 0.161 e. The van der Waals surface area contributed by atoms with Crippen LogP contribution in [0.1, 0.15) is 38.7 Å². The van der Waals surface area contributed by atoms with Crippen LogP contribution in [0.3, 0.4) is 0 Å². The summed E-state index contributed by atoms with van der Waals surface area (Å²) < 4.78 is 11.0. The Balaban J connectivity index is 0.000000757. The van der Waals surface area contributed by atoms with E-state index in [0.29, 0.717) is 11.8 Å². The van der Waals surface area contributed by atoms with Crippen LogP contribution < -0.4 is 14.8 Å². The first kappa shape index (κ1) is 23.8. The Hall–Kier alpha value is -2.50. The topological polar surface area (TPSA) is 71.0 Å². The quantitative estimate of drug-likeness (QED) is 0.523. The first-order chi connectivity index (χ1) is 14.7. The molecule has 3 aromatic carbocycles. The highest BCUT2D eigenvalue weighted by Gasteiger charge is 2.17. The van der Waals surface area contributed by atoms with Gasteiger partial charge in [-0.25, -0.2) is 0 Å². The summed E-state index contributed by atoms with van der Waals surface area (Å²) in [7, 11) is 4.32. The van der Waals surface area contributed by atoms with E-state index in [-0.39, 0.29) is 5.75 Å². The predicted octanol–water partition coefficient (Wildman–Crippen LogP) is 5.04. The highest BCUT2D eigenvalue weighted by atomic mass is 16.5. The molecule has 1 unspecified atom stereocenters. The summed E-state index contributed by atoms with van der Waals surface area (Å²) in [5, 5.41) is 25.0. The molecule has 1 aliphatic rings. The van der Waals surface area contributed by atoms with Crippen LogP contribution in [0.25, 0.3) is 21.5 Å². The van der Waals surface area contributed by atoms with E-state index in [1.54, 1.807) is 20.3 Å². The Labute approximate surface area is 179 Å². The van der Waals surface area contributed by atoms with Gasteiger partial charge in [0.25, 0.3) is 0 Å². The number of benzene rings is 3. The van der Waals surface area contributed by atoms with Crippen molar-refractivity contribution < 1.29 is 19.7 Å². The van der Waals surface area contributed by atoms with Crippen molar-refractivity contribution in [3.8, 4) is 17.2 Å². The van der Waals surface area contributed by atoms with Crippen LogP contribution in [0.15, 0.2) is 36.4 Å². The molecule has 1 atom stereocenters. The number of aliphatic hydroxyl groups excluding tert-OH is 1. The van der Waals surface area contributed by atoms with Crippen LogP contribution in [-0.2, 0) is 6.42 Å². The highest BCUT2D eigenvalue weighted by molar-refractivity contribution is 6.10. The fourth-order valence-corrected chi connectivity index (χ4v) is 4.07. The molecule has 0 spiro atoms. The number of fused-ring (bicyclic) bond motifs is 3. The van der Waals surface area contributed by atoms with Crippen LogP contribution >= 0.6 is 0 Å². The number of ether oxygens (including phenoxy) is 2. The monoisotopic (exact) mass is 413 g/mol. The van der Waals surface area contributed by atoms with Crippen molar-refractivity contribution in [3.63, 3.8) is 0 Å². The van der Waals surface area contributed by atoms with E-state index in [1.807, 2.05) is 32.0 Å². The number of aromatic hydroxyl groups is 1. The summed E-state index contributed by atoms with van der Waals surface area (Å²) >= 11 is 0. The zero-order chi connectivity index (χ0) is 22.1. The first-order valence-corrected chi connectivity index (χ1v) is 10.7. The lowest BCUT2D eigenvalue weighted by molar-refractivity contribution is 0.356. The molecule has 5 nitrogen and oxygen atoms in total. The number of phenolic OH excluding ortho intramolecular Hbond substituents is 1. The highest BCUT2D eigenvalue weighted by Crippen LogP contribution is 2.39. The average molecular weight is 414 g/mol. The number of rotatable bonds is 4. The molecule has 3 aromatic rings. The molecule has 0 aliphatic carbocycles. The lowest BCUT2D eigenvalue weighted by Gasteiger charge is -2.24. The van der Waals surface area contributed by atoms with Crippen LogP contribution in [0.2, 0.25) is 0 Å². The lowest BCUT2D eigenvalue weighted by atomic mass is 9.91. The lowest BCUT2D eigenvalue weighted by Crippen LogP contribution is -2.35. The number of piperidine rings is 1. The molecule has 1 heterocycles. The largest absolute Gasteiger partial charge is 0.508 e. The van der Waals surface area contributed by atoms with Gasteiger partial charge in [-0.2, -0.15) is 0 Å². The maximum absolute atomic E-state index is 9.98. The molecule has 3 N–H and O–H groups in total. The number of phenols is 1. The summed E-state index contributed by atoms with van der Waals surface area (Å²) in [6, 6.07) is 12.4. The molecule has 0 amide bonds. The maximum atomic E-state index is 9.98. The van der Waals surface area contributed by atoms with E-state index in [0.717, 1.165) is 47.4 Å². The van der Waals surface area contributed by atoms with E-state index < -0.39 is 0 Å². The Kier molecular flexibility index (Phi) is 9.21. The average Bonchev–Trinajstić information content (AvgIpc) is 2.82. The van der Waals surface area contributed by atoms with E-state index >= 15 is 0 Å². The third-order valence-corrected chi connectivity index (χ3v) is 5.41. The number of aliphatic hydroxyl groups is 1. The van der Waals surface area contributed by atoms with Gasteiger partial charge in [0, 0.05) is 13.2 Å². The van der Waals surface area contributed by atoms with Crippen molar-refractivity contribution in [2.75, 3.05) is 27.9 Å². The van der Waals surface area contributed by atoms with Crippen LogP contribution in [0.5, 0.6) is 17.2 Å². The molecule has 5 heteroatoms. The van der Waals surface area contributed by atoms with Crippen molar-refractivity contribution in [3.05, 3.63) is 42.0 Å². The van der Waals surface area contributed by atoms with E-state index in [2.05, 4.69) is 17.4 Å². The summed E-state index contributed by atoms with van der Waals surface area (Å²) in [4.78, 5) is 0. The predicted molar refractivity (Wildman–Crippen MR) is 125 cm³/mol. The second-order valence-electron chi connectivity index (χ2n) is 7.04. The van der Waals surface area contributed by atoms with Gasteiger partial charge in [0.05, 0.1) is 14.2 Å². The van der Waals surface area contributed by atoms with E-state index in [4.69, 9.17) is 14.6 Å². The van der Waals surface area contributed by atoms with Gasteiger partial charge < -0.3 is 25.0 Å². The molecule has 0 saturated carbocycles. The molecule has 1 aliphatic heterocycles. The number of hydrogen-bond acceptors (Lipinski definition) is 5. The molecule has 1 saturated heterocycles. The molecule has 30 heavy (non-hydrogen) atoms. The van der Waals surface area contributed by atoms with Gasteiger partial charge in [-0.05, 0) is 77.2 Å². The van der Waals surface area contributed by atoms with Gasteiger partial charge in [-0.3, -0.25) is 0 Å². The Morgan fingerprint density at radius 1 is 0.900 bits per heavy atom. The van der Waals surface area contributed by atoms with Gasteiger partial charge in [0.15, 0.2) is 11.5 Å². The van der Waals surface area contributed by atoms with Crippen LogP contribution in [-0.4, -0.2) is 44.1 Å². The number of methoxy groups -OCH3 is 2. The van der Waals surface area contributed by atoms with Crippen LogP contribution in [0.4, 0.5) is 0 Å². The molecular formula is C25H35NO4. The zero-order valence-electron chi connectivity index (χ0n) is 18.8. The van der Waals surface area contributed by atoms with E-state index in [1.165, 1.54) is 24.8 Å². The second-order valence-corrected chi connectivity index (χ2v) is 7.04. The minimum absolute atomic E-state index is 0.273. The minimum Gasteiger partial charge on any atom is -0.508 e. The van der Waals surface area contributed by atoms with Crippen molar-refractivity contribution in [1.29, 1.82) is 0 Å². The Morgan fingerprint density at radius 2 is 1.57 bits per heavy atom. The fraction of sp³-hybridized carbons (Fsp3) is 0.440. The molecule has 0 radical (unpaired) electrons. The minimum atomic E-state index is 0.273. The van der Waals surface area contributed by atoms with Crippen molar-refractivity contribution in [2.45, 2.75) is 45.6 Å². The van der Waals surface area contributed by atoms with Gasteiger partial charge in [0.2, 0.25) is 0 Å². The zero-order valence-corrected chi connectivity index (χ0v) is 18.8. The normalized spacial score (nSPS) is 15.6. The van der Waals surface area contributed by atoms with Crippen molar-refractivity contribution >= 4 is 21.5 Å². The van der Waals surface area contributed by atoms with Crippen molar-refractivity contribution in [2.24, 2.45) is 0 Å². The van der Waals surface area contributed by atoms with Gasteiger partial charge in [0.1, 0.15) is 5.75 Å². The van der Waals surface area contributed by atoms with E-state index in [9.17, 15) is 5.11 Å². The standard InChI is InChI=1S/C22H25NO3.C2H6.CH4O/c1-25-21-12-19-15(10-16-5-3-4-8-23-16)9-14-6-7-17(24)11-18(14)20(19)13-22(21)26-2;2*1-2/h6-7,9,11-13,16,23-24H,3-5,8,10H2,1-2H3;1-2H3;2H,1H3. The summed E-state index contributed by atoms with van der Waals surface area (Å²) in [6.07, 6.45) is 4.75. The molecule has 1 fully saturated rings. The fourth-order valence-electron chi connectivity index (χ4n) is 4.07. The van der Waals surface area contributed by atoms with Crippen molar-refractivity contribution in [1.82, 2.24) is 5.32 Å². The van der Waals surface area contributed by atoms with Crippen LogP contribution in [0, 0.1) is 0 Å². The smallest absolute Gasteiger partial charge is 0.161 e. The Morgan fingerprint density at radius 3 is 2.17 bits per heavy atom. The number of nitrogens with one attached hydrogen (secondary N) is 1. The van der Waals surface area contributed by atoms with Gasteiger partial charge in [-0.15, -0.1) is 0 Å². The molecule has 0 bridgehead atoms. The molecule has 0 aromatic heterocycles. The molecular weight excluding hydrogens is 378 g/mol. The Bertz CT molecular complexity index is 949. The third-order valence-electron chi connectivity index (χ3n) is 5.41. The first-order valence-electron chi connectivity index (χ1n) is 10.7. The summed E-state index contributed by atoms with van der Waals surface area (Å²) in [5.74, 6) is 1.71.